The van der Waals surface area contributed by atoms with Crippen LogP contribution in [-0.2, 0) is 14.8 Å². The Hall–Kier alpha value is -3.07. The standard InChI is InChI=1S/C26H25N3O3S2/c1-18-27-25(17-33-18)20-6-9-23(10-7-20)28-26(30)21-12-14-29(15-13-21)34(31,32)24-11-8-19-4-2-3-5-22(19)16-24/h2-11,16-17,21H,12-15H2,1H3,(H,28,30). The summed E-state index contributed by atoms with van der Waals surface area (Å²) >= 11 is 1.61. The lowest BCUT2D eigenvalue weighted by atomic mass is 9.97. The summed E-state index contributed by atoms with van der Waals surface area (Å²) in [6, 6.07) is 20.6. The van der Waals surface area contributed by atoms with Crippen LogP contribution in [0.2, 0.25) is 0 Å². The number of nitrogens with zero attached hydrogens (tertiary/aromatic N) is 2. The zero-order chi connectivity index (χ0) is 23.7. The van der Waals surface area contributed by atoms with Gasteiger partial charge in [-0.3, -0.25) is 4.79 Å². The molecule has 0 saturated carbocycles. The number of aryl methyl sites for hydroxylation is 1. The second kappa shape index (κ2) is 9.29. The molecule has 1 saturated heterocycles. The monoisotopic (exact) mass is 491 g/mol. The van der Waals surface area contributed by atoms with E-state index in [1.807, 2.05) is 66.9 Å². The van der Waals surface area contributed by atoms with E-state index in [-0.39, 0.29) is 11.8 Å². The fourth-order valence-electron chi connectivity index (χ4n) is 4.30. The molecule has 0 aliphatic carbocycles. The van der Waals surface area contributed by atoms with Gasteiger partial charge in [0, 0.05) is 35.6 Å². The number of aromatic nitrogens is 1. The van der Waals surface area contributed by atoms with Gasteiger partial charge in [0.25, 0.3) is 0 Å². The number of carbonyl (C=O) groups excluding carboxylic acids is 1. The third-order valence-electron chi connectivity index (χ3n) is 6.25. The Bertz CT molecular complexity index is 1440. The number of amides is 1. The van der Waals surface area contributed by atoms with Gasteiger partial charge in [-0.15, -0.1) is 11.3 Å². The highest BCUT2D eigenvalue weighted by atomic mass is 32.2. The molecule has 1 aliphatic heterocycles. The van der Waals surface area contributed by atoms with Crippen molar-refractivity contribution in [1.82, 2.24) is 9.29 Å². The van der Waals surface area contributed by atoms with Crippen LogP contribution in [0.3, 0.4) is 0 Å². The minimum absolute atomic E-state index is 0.0694. The predicted octanol–water partition coefficient (Wildman–Crippen LogP) is 5.31. The number of hydrogen-bond acceptors (Lipinski definition) is 5. The van der Waals surface area contributed by atoms with E-state index in [0.29, 0.717) is 30.8 Å². The number of thiazole rings is 1. The van der Waals surface area contributed by atoms with E-state index in [2.05, 4.69) is 10.3 Å². The topological polar surface area (TPSA) is 79.4 Å². The minimum atomic E-state index is -3.59. The molecular formula is C26H25N3O3S2. The molecule has 3 aromatic carbocycles. The first-order valence-electron chi connectivity index (χ1n) is 11.2. The van der Waals surface area contributed by atoms with E-state index >= 15 is 0 Å². The lowest BCUT2D eigenvalue weighted by Crippen LogP contribution is -2.41. The van der Waals surface area contributed by atoms with Crippen molar-refractivity contribution in [2.45, 2.75) is 24.7 Å². The second-order valence-corrected chi connectivity index (χ2v) is 11.5. The van der Waals surface area contributed by atoms with E-state index in [1.165, 1.54) is 4.31 Å². The van der Waals surface area contributed by atoms with Gasteiger partial charge in [-0.2, -0.15) is 4.31 Å². The fraction of sp³-hybridized carbons (Fsp3) is 0.231. The molecule has 2 heterocycles. The molecule has 1 aromatic heterocycles. The summed E-state index contributed by atoms with van der Waals surface area (Å²) in [4.78, 5) is 17.6. The van der Waals surface area contributed by atoms with Crippen molar-refractivity contribution in [2.75, 3.05) is 18.4 Å². The van der Waals surface area contributed by atoms with Crippen molar-refractivity contribution in [3.05, 3.63) is 77.1 Å². The van der Waals surface area contributed by atoms with Gasteiger partial charge in [-0.25, -0.2) is 13.4 Å². The maximum Gasteiger partial charge on any atom is 0.243 e. The Morgan fingerprint density at radius 2 is 1.71 bits per heavy atom. The van der Waals surface area contributed by atoms with Crippen LogP contribution in [0.5, 0.6) is 0 Å². The van der Waals surface area contributed by atoms with Gasteiger partial charge in [-0.05, 0) is 54.8 Å². The summed E-state index contributed by atoms with van der Waals surface area (Å²) in [5.41, 5.74) is 2.67. The van der Waals surface area contributed by atoms with Gasteiger partial charge in [0.1, 0.15) is 0 Å². The summed E-state index contributed by atoms with van der Waals surface area (Å²) in [6.07, 6.45) is 0.990. The molecule has 0 atom stereocenters. The van der Waals surface area contributed by atoms with E-state index < -0.39 is 10.0 Å². The fourth-order valence-corrected chi connectivity index (χ4v) is 6.43. The lowest BCUT2D eigenvalue weighted by Gasteiger charge is -2.30. The normalized spacial score (nSPS) is 15.4. The van der Waals surface area contributed by atoms with Crippen LogP contribution in [-0.4, -0.2) is 36.7 Å². The maximum absolute atomic E-state index is 13.2. The van der Waals surface area contributed by atoms with Crippen LogP contribution in [0.15, 0.2) is 77.0 Å². The Balaban J connectivity index is 1.21. The quantitative estimate of drug-likeness (QED) is 0.410. The van der Waals surface area contributed by atoms with Crippen LogP contribution in [0.1, 0.15) is 17.8 Å². The highest BCUT2D eigenvalue weighted by molar-refractivity contribution is 7.89. The Labute approximate surface area is 203 Å². The molecule has 174 valence electrons. The van der Waals surface area contributed by atoms with E-state index in [0.717, 1.165) is 32.7 Å². The first-order valence-corrected chi connectivity index (χ1v) is 13.5. The molecule has 4 aromatic rings. The van der Waals surface area contributed by atoms with Crippen molar-refractivity contribution in [3.63, 3.8) is 0 Å². The van der Waals surface area contributed by atoms with Crippen molar-refractivity contribution in [3.8, 4) is 11.3 Å². The van der Waals surface area contributed by atoms with Gasteiger partial charge in [0.2, 0.25) is 15.9 Å². The average Bonchev–Trinajstić information content (AvgIpc) is 3.30. The number of benzene rings is 3. The molecule has 0 radical (unpaired) electrons. The number of hydrogen-bond donors (Lipinski definition) is 1. The molecule has 0 spiro atoms. The van der Waals surface area contributed by atoms with Crippen molar-refractivity contribution >= 4 is 43.7 Å². The Morgan fingerprint density at radius 1 is 1.00 bits per heavy atom. The minimum Gasteiger partial charge on any atom is -0.326 e. The van der Waals surface area contributed by atoms with Crippen molar-refractivity contribution < 1.29 is 13.2 Å². The van der Waals surface area contributed by atoms with Crippen LogP contribution in [0, 0.1) is 12.8 Å². The summed E-state index contributed by atoms with van der Waals surface area (Å²) in [7, 11) is -3.59. The van der Waals surface area contributed by atoms with E-state index in [4.69, 9.17) is 0 Å². The number of nitrogens with one attached hydrogen (secondary N) is 1. The maximum atomic E-state index is 13.2. The summed E-state index contributed by atoms with van der Waals surface area (Å²) < 4.78 is 27.8. The third-order valence-corrected chi connectivity index (χ3v) is 8.92. The molecule has 1 fully saturated rings. The second-order valence-electron chi connectivity index (χ2n) is 8.51. The van der Waals surface area contributed by atoms with Gasteiger partial charge in [-0.1, -0.05) is 42.5 Å². The van der Waals surface area contributed by atoms with Gasteiger partial charge in [0.15, 0.2) is 0 Å². The molecule has 1 amide bonds. The molecule has 8 heteroatoms. The van der Waals surface area contributed by atoms with Crippen molar-refractivity contribution in [1.29, 1.82) is 0 Å². The van der Waals surface area contributed by atoms with E-state index in [1.54, 1.807) is 23.5 Å². The van der Waals surface area contributed by atoms with Gasteiger partial charge >= 0.3 is 0 Å². The highest BCUT2D eigenvalue weighted by Crippen LogP contribution is 2.28. The van der Waals surface area contributed by atoms with Gasteiger partial charge < -0.3 is 5.32 Å². The first-order chi connectivity index (χ1) is 16.4. The predicted molar refractivity (Wildman–Crippen MR) is 136 cm³/mol. The van der Waals surface area contributed by atoms with Crippen LogP contribution >= 0.6 is 11.3 Å². The van der Waals surface area contributed by atoms with Crippen LogP contribution in [0.4, 0.5) is 5.69 Å². The zero-order valence-electron chi connectivity index (χ0n) is 18.8. The largest absolute Gasteiger partial charge is 0.326 e. The number of fused-ring (bicyclic) bond motifs is 1. The average molecular weight is 492 g/mol. The number of sulfonamides is 1. The number of carbonyl (C=O) groups is 1. The highest BCUT2D eigenvalue weighted by Gasteiger charge is 2.32. The summed E-state index contributed by atoms with van der Waals surface area (Å²) in [5, 5.41) is 7.91. The molecular weight excluding hydrogens is 466 g/mol. The Kier molecular flexibility index (Phi) is 6.20. The molecule has 1 N–H and O–H groups in total. The van der Waals surface area contributed by atoms with Gasteiger partial charge in [0.05, 0.1) is 15.6 Å². The summed E-state index contributed by atoms with van der Waals surface area (Å²) in [5.74, 6) is -0.288. The first kappa shape index (κ1) is 22.7. The Morgan fingerprint density at radius 3 is 2.38 bits per heavy atom. The third kappa shape index (κ3) is 4.61. The number of anilines is 1. The molecule has 0 bridgehead atoms. The SMILES string of the molecule is Cc1nc(-c2ccc(NC(=O)C3CCN(S(=O)(=O)c4ccc5ccccc5c4)CC3)cc2)cs1. The van der Waals surface area contributed by atoms with Crippen LogP contribution in [0.25, 0.3) is 22.0 Å². The lowest BCUT2D eigenvalue weighted by molar-refractivity contribution is -0.120. The molecule has 1 aliphatic rings. The smallest absolute Gasteiger partial charge is 0.243 e. The molecule has 34 heavy (non-hydrogen) atoms. The summed E-state index contributed by atoms with van der Waals surface area (Å²) in [6.45, 7) is 2.63. The molecule has 6 nitrogen and oxygen atoms in total. The number of piperidine rings is 1. The zero-order valence-corrected chi connectivity index (χ0v) is 20.4. The number of rotatable bonds is 5. The van der Waals surface area contributed by atoms with Crippen molar-refractivity contribution in [2.24, 2.45) is 5.92 Å². The van der Waals surface area contributed by atoms with E-state index in [9.17, 15) is 13.2 Å². The molecule has 0 unspecified atom stereocenters. The molecule has 5 rings (SSSR count). The van der Waals surface area contributed by atoms with Crippen LogP contribution < -0.4 is 5.32 Å².